The van der Waals surface area contributed by atoms with Gasteiger partial charge in [-0.25, -0.2) is 4.79 Å². The topological polar surface area (TPSA) is 76.1 Å². The molecular weight excluding hydrogens is 226 g/mol. The summed E-state index contributed by atoms with van der Waals surface area (Å²) >= 11 is 0. The van der Waals surface area contributed by atoms with Crippen molar-refractivity contribution in [2.45, 2.75) is 39.1 Å². The van der Waals surface area contributed by atoms with Crippen LogP contribution in [-0.4, -0.2) is 59.9 Å². The highest BCUT2D eigenvalue weighted by Gasteiger charge is 2.26. The molecule has 17 heavy (non-hydrogen) atoms. The molecule has 1 aliphatic rings. The third-order valence-corrected chi connectivity index (χ3v) is 2.58. The van der Waals surface area contributed by atoms with E-state index in [0.29, 0.717) is 13.1 Å². The summed E-state index contributed by atoms with van der Waals surface area (Å²) in [6, 6.07) is 0. The van der Waals surface area contributed by atoms with E-state index >= 15 is 0 Å². The third kappa shape index (κ3) is 4.32. The minimum absolute atomic E-state index is 0.000373. The molecule has 1 rings (SSSR count). The zero-order chi connectivity index (χ0) is 13.0. The molecule has 0 saturated carbocycles. The fourth-order valence-corrected chi connectivity index (χ4v) is 1.74. The van der Waals surface area contributed by atoms with E-state index in [4.69, 9.17) is 14.6 Å². The molecule has 0 aromatic rings. The molecule has 2 unspecified atom stereocenters. The first-order valence-electron chi connectivity index (χ1n) is 5.67. The minimum atomic E-state index is -1.07. The molecule has 98 valence electrons. The van der Waals surface area contributed by atoms with Crippen molar-refractivity contribution in [1.82, 2.24) is 4.90 Å². The van der Waals surface area contributed by atoms with Crippen molar-refractivity contribution in [3.63, 3.8) is 0 Å². The number of carbonyl (C=O) groups is 2. The van der Waals surface area contributed by atoms with E-state index < -0.39 is 12.1 Å². The van der Waals surface area contributed by atoms with Crippen LogP contribution in [0, 0.1) is 0 Å². The number of morpholine rings is 1. The van der Waals surface area contributed by atoms with Crippen LogP contribution >= 0.6 is 0 Å². The molecule has 0 aromatic heterocycles. The molecule has 1 N–H and O–H groups in total. The van der Waals surface area contributed by atoms with E-state index in [2.05, 4.69) is 0 Å². The maximum atomic E-state index is 11.8. The van der Waals surface area contributed by atoms with E-state index in [-0.39, 0.29) is 24.7 Å². The SMILES string of the molecule is CC1CN(C(=O)CO[C@H](C)C(=O)O)CC(C)O1. The second-order valence-electron chi connectivity index (χ2n) is 4.35. The number of amides is 1. The Morgan fingerprint density at radius 3 is 2.41 bits per heavy atom. The molecule has 1 amide bonds. The lowest BCUT2D eigenvalue weighted by atomic mass is 10.2. The summed E-state index contributed by atoms with van der Waals surface area (Å²) in [6.45, 7) is 6.04. The quantitative estimate of drug-likeness (QED) is 0.761. The van der Waals surface area contributed by atoms with E-state index in [9.17, 15) is 9.59 Å². The highest BCUT2D eigenvalue weighted by Crippen LogP contribution is 2.10. The van der Waals surface area contributed by atoms with Crippen molar-refractivity contribution in [2.75, 3.05) is 19.7 Å². The predicted molar refractivity (Wildman–Crippen MR) is 59.6 cm³/mol. The molecule has 3 atom stereocenters. The number of carbonyl (C=O) groups excluding carboxylic acids is 1. The summed E-state index contributed by atoms with van der Waals surface area (Å²) < 4.78 is 10.5. The lowest BCUT2D eigenvalue weighted by Gasteiger charge is -2.35. The Morgan fingerprint density at radius 1 is 1.41 bits per heavy atom. The Morgan fingerprint density at radius 2 is 1.94 bits per heavy atom. The van der Waals surface area contributed by atoms with Gasteiger partial charge in [0.2, 0.25) is 5.91 Å². The van der Waals surface area contributed by atoms with Crippen LogP contribution in [0.4, 0.5) is 0 Å². The smallest absolute Gasteiger partial charge is 0.332 e. The fourth-order valence-electron chi connectivity index (χ4n) is 1.74. The summed E-state index contributed by atoms with van der Waals surface area (Å²) in [5.41, 5.74) is 0. The van der Waals surface area contributed by atoms with Crippen LogP contribution < -0.4 is 0 Å². The van der Waals surface area contributed by atoms with Crippen molar-refractivity contribution in [3.8, 4) is 0 Å². The number of hydrogen-bond donors (Lipinski definition) is 1. The lowest BCUT2D eigenvalue weighted by molar-refractivity contribution is -0.157. The predicted octanol–water partition coefficient (Wildman–Crippen LogP) is 0.112. The number of rotatable bonds is 4. The molecular formula is C11H19NO5. The highest BCUT2D eigenvalue weighted by atomic mass is 16.5. The van der Waals surface area contributed by atoms with Crippen molar-refractivity contribution >= 4 is 11.9 Å². The second kappa shape index (κ2) is 5.97. The van der Waals surface area contributed by atoms with Crippen LogP contribution in [-0.2, 0) is 19.1 Å². The van der Waals surface area contributed by atoms with E-state index in [1.807, 2.05) is 13.8 Å². The van der Waals surface area contributed by atoms with Gasteiger partial charge in [-0.05, 0) is 20.8 Å². The summed E-state index contributed by atoms with van der Waals surface area (Å²) in [4.78, 5) is 23.9. The van der Waals surface area contributed by atoms with Gasteiger partial charge in [0.25, 0.3) is 0 Å². The Labute approximate surface area is 100 Å². The number of hydrogen-bond acceptors (Lipinski definition) is 4. The number of nitrogens with zero attached hydrogens (tertiary/aromatic N) is 1. The van der Waals surface area contributed by atoms with Crippen LogP contribution in [0.25, 0.3) is 0 Å². The van der Waals surface area contributed by atoms with Gasteiger partial charge in [0.1, 0.15) is 6.61 Å². The normalized spacial score (nSPS) is 26.6. The number of carboxylic acid groups (broad SMARTS) is 1. The molecule has 1 heterocycles. The van der Waals surface area contributed by atoms with Crippen LogP contribution in [0.15, 0.2) is 0 Å². The minimum Gasteiger partial charge on any atom is -0.479 e. The first-order chi connectivity index (χ1) is 7.90. The number of carboxylic acids is 1. The van der Waals surface area contributed by atoms with Crippen LogP contribution in [0.5, 0.6) is 0 Å². The molecule has 6 nitrogen and oxygen atoms in total. The summed E-state index contributed by atoms with van der Waals surface area (Å²) in [5.74, 6) is -1.26. The van der Waals surface area contributed by atoms with Gasteiger partial charge in [0.05, 0.1) is 12.2 Å². The lowest BCUT2D eigenvalue weighted by Crippen LogP contribution is -2.49. The fraction of sp³-hybridized carbons (Fsp3) is 0.818. The van der Waals surface area contributed by atoms with Gasteiger partial charge >= 0.3 is 5.97 Å². The number of aliphatic carboxylic acids is 1. The molecule has 0 aliphatic carbocycles. The first kappa shape index (κ1) is 13.9. The van der Waals surface area contributed by atoms with Crippen molar-refractivity contribution in [1.29, 1.82) is 0 Å². The largest absolute Gasteiger partial charge is 0.479 e. The van der Waals surface area contributed by atoms with Gasteiger partial charge in [-0.2, -0.15) is 0 Å². The molecule has 6 heteroatoms. The highest BCUT2D eigenvalue weighted by molar-refractivity contribution is 5.78. The first-order valence-corrected chi connectivity index (χ1v) is 5.67. The second-order valence-corrected chi connectivity index (χ2v) is 4.35. The Kier molecular flexibility index (Phi) is 4.89. The van der Waals surface area contributed by atoms with Crippen LogP contribution in [0.3, 0.4) is 0 Å². The van der Waals surface area contributed by atoms with Crippen LogP contribution in [0.2, 0.25) is 0 Å². The van der Waals surface area contributed by atoms with Crippen molar-refractivity contribution < 1.29 is 24.2 Å². The van der Waals surface area contributed by atoms with E-state index in [1.165, 1.54) is 6.92 Å². The molecule has 1 saturated heterocycles. The molecule has 0 radical (unpaired) electrons. The summed E-state index contributed by atoms with van der Waals surface area (Å²) in [5, 5.41) is 8.62. The maximum Gasteiger partial charge on any atom is 0.332 e. The Hall–Kier alpha value is -1.14. The Balaban J connectivity index is 2.39. The average Bonchev–Trinajstić information content (AvgIpc) is 2.23. The van der Waals surface area contributed by atoms with E-state index in [0.717, 1.165) is 0 Å². The number of ether oxygens (including phenoxy) is 2. The Bertz CT molecular complexity index is 284. The summed E-state index contributed by atoms with van der Waals surface area (Å²) in [6.07, 6.45) is -0.964. The van der Waals surface area contributed by atoms with Gasteiger partial charge in [0.15, 0.2) is 6.10 Å². The van der Waals surface area contributed by atoms with Crippen LogP contribution in [0.1, 0.15) is 20.8 Å². The molecule has 0 aromatic carbocycles. The van der Waals surface area contributed by atoms with Crippen molar-refractivity contribution in [2.24, 2.45) is 0 Å². The maximum absolute atomic E-state index is 11.8. The molecule has 1 aliphatic heterocycles. The van der Waals surface area contributed by atoms with Gasteiger partial charge in [-0.1, -0.05) is 0 Å². The standard InChI is InChI=1S/C11H19NO5/c1-7-4-12(5-8(2)17-7)10(13)6-16-9(3)11(14)15/h7-9H,4-6H2,1-3H3,(H,14,15)/t7?,8?,9-/m1/s1. The monoisotopic (exact) mass is 245 g/mol. The molecule has 0 bridgehead atoms. The average molecular weight is 245 g/mol. The molecule has 1 fully saturated rings. The van der Waals surface area contributed by atoms with E-state index in [1.54, 1.807) is 4.90 Å². The zero-order valence-electron chi connectivity index (χ0n) is 10.4. The summed E-state index contributed by atoms with van der Waals surface area (Å²) in [7, 11) is 0. The van der Waals surface area contributed by atoms with Gasteiger partial charge < -0.3 is 19.5 Å². The zero-order valence-corrected chi connectivity index (χ0v) is 10.4. The third-order valence-electron chi connectivity index (χ3n) is 2.58. The van der Waals surface area contributed by atoms with Gasteiger partial charge in [-0.3, -0.25) is 4.79 Å². The van der Waals surface area contributed by atoms with Crippen molar-refractivity contribution in [3.05, 3.63) is 0 Å². The van der Waals surface area contributed by atoms with Gasteiger partial charge in [0, 0.05) is 13.1 Å². The molecule has 0 spiro atoms. The van der Waals surface area contributed by atoms with Gasteiger partial charge in [-0.15, -0.1) is 0 Å².